The van der Waals surface area contributed by atoms with Crippen LogP contribution in [0.15, 0.2) is 79.4 Å². The van der Waals surface area contributed by atoms with E-state index >= 15 is 0 Å². The number of carbonyl (C=O) groups excluding carboxylic acids is 2. The monoisotopic (exact) mass is 601 g/mol. The second-order valence-corrected chi connectivity index (χ2v) is 10.2. The number of tetrazole rings is 1. The van der Waals surface area contributed by atoms with E-state index in [0.29, 0.717) is 32.9 Å². The highest BCUT2D eigenvalue weighted by Crippen LogP contribution is 2.29. The van der Waals surface area contributed by atoms with Crippen molar-refractivity contribution in [3.63, 3.8) is 0 Å². The Hall–Kier alpha value is -4.87. The number of aromatic amines is 1. The molecule has 0 fully saturated rings. The molecular weight excluding hydrogens is 577 g/mol. The minimum absolute atomic E-state index is 0.0932. The van der Waals surface area contributed by atoms with Crippen LogP contribution in [-0.2, 0) is 16.1 Å². The Kier molecular flexibility index (Phi) is 9.00. The van der Waals surface area contributed by atoms with E-state index in [0.717, 1.165) is 16.7 Å². The molecule has 0 radical (unpaired) electrons. The fraction of sp³-hybridized carbons (Fsp3) is 0.138. The number of amides is 2. The lowest BCUT2D eigenvalue weighted by molar-refractivity contribution is -0.122. The van der Waals surface area contributed by atoms with E-state index in [1.54, 1.807) is 42.7 Å². The van der Waals surface area contributed by atoms with Crippen LogP contribution in [0.5, 0.6) is 0 Å². The van der Waals surface area contributed by atoms with Gasteiger partial charge in [0, 0.05) is 41.2 Å². The summed E-state index contributed by atoms with van der Waals surface area (Å²) in [6.07, 6.45) is 7.60. The second kappa shape index (κ2) is 13.2. The second-order valence-electron chi connectivity index (χ2n) is 9.34. The highest BCUT2D eigenvalue weighted by molar-refractivity contribution is 6.32. The van der Waals surface area contributed by atoms with Gasteiger partial charge in [0.25, 0.3) is 0 Å². The molecule has 2 aromatic carbocycles. The zero-order valence-corrected chi connectivity index (χ0v) is 23.8. The lowest BCUT2D eigenvalue weighted by Crippen LogP contribution is -2.33. The van der Waals surface area contributed by atoms with Crippen molar-refractivity contribution in [1.82, 2.24) is 45.8 Å². The third-order valence-corrected chi connectivity index (χ3v) is 6.76. The van der Waals surface area contributed by atoms with E-state index in [-0.39, 0.29) is 18.9 Å². The van der Waals surface area contributed by atoms with Crippen molar-refractivity contribution in [2.45, 2.75) is 25.9 Å². The van der Waals surface area contributed by atoms with Gasteiger partial charge in [0.1, 0.15) is 23.0 Å². The first-order chi connectivity index (χ1) is 20.4. The van der Waals surface area contributed by atoms with Crippen LogP contribution in [0.3, 0.4) is 0 Å². The first kappa shape index (κ1) is 28.7. The number of aromatic nitrogens is 7. The minimum atomic E-state index is -0.814. The predicted octanol–water partition coefficient (Wildman–Crippen LogP) is 4.64. The Morgan fingerprint density at radius 2 is 1.95 bits per heavy atom. The van der Waals surface area contributed by atoms with Gasteiger partial charge in [0.15, 0.2) is 0 Å². The molecule has 1 atom stereocenters. The third kappa shape index (κ3) is 7.25. The quantitative estimate of drug-likeness (QED) is 0.198. The molecule has 5 aromatic rings. The van der Waals surface area contributed by atoms with Crippen LogP contribution in [0.4, 0.5) is 0 Å². The number of H-pyrrole nitrogens is 1. The topological polar surface area (TPSA) is 143 Å². The van der Waals surface area contributed by atoms with Gasteiger partial charge in [-0.05, 0) is 53.3 Å². The Labute approximate surface area is 251 Å². The van der Waals surface area contributed by atoms with Gasteiger partial charge in [-0.25, -0.2) is 4.98 Å². The van der Waals surface area contributed by atoms with E-state index in [1.807, 2.05) is 37.3 Å². The van der Waals surface area contributed by atoms with Gasteiger partial charge in [0.05, 0.1) is 18.2 Å². The number of hydrogen-bond donors (Lipinski definition) is 3. The van der Waals surface area contributed by atoms with Crippen molar-refractivity contribution in [3.8, 4) is 16.9 Å². The lowest BCUT2D eigenvalue weighted by Gasteiger charge is -2.16. The summed E-state index contributed by atoms with van der Waals surface area (Å²) < 4.78 is 1.46. The number of hydrogen-bond acceptors (Lipinski definition) is 7. The van der Waals surface area contributed by atoms with Gasteiger partial charge in [-0.15, -0.1) is 5.10 Å². The summed E-state index contributed by atoms with van der Waals surface area (Å²) in [7, 11) is 0. The maximum absolute atomic E-state index is 13.2. The van der Waals surface area contributed by atoms with Crippen molar-refractivity contribution in [1.29, 1.82) is 0 Å². The number of benzene rings is 2. The Bertz CT molecular complexity index is 1700. The molecule has 212 valence electrons. The highest BCUT2D eigenvalue weighted by atomic mass is 35.5. The van der Waals surface area contributed by atoms with Gasteiger partial charge < -0.3 is 15.6 Å². The molecule has 0 aliphatic carbocycles. The minimum Gasteiger partial charge on any atom is -0.352 e. The van der Waals surface area contributed by atoms with Crippen LogP contribution in [0, 0.1) is 6.92 Å². The molecule has 5 rings (SSSR count). The maximum atomic E-state index is 13.2. The van der Waals surface area contributed by atoms with Gasteiger partial charge >= 0.3 is 0 Å². The molecule has 13 heteroatoms. The summed E-state index contributed by atoms with van der Waals surface area (Å²) in [4.78, 5) is 37.9. The van der Waals surface area contributed by atoms with E-state index in [4.69, 9.17) is 23.2 Å². The summed E-state index contributed by atoms with van der Waals surface area (Å²) >= 11 is 12.7. The molecule has 0 spiro atoms. The molecule has 11 nitrogen and oxygen atoms in total. The first-order valence-corrected chi connectivity index (χ1v) is 13.6. The summed E-state index contributed by atoms with van der Waals surface area (Å²) in [6, 6.07) is 15.7. The molecule has 0 bridgehead atoms. The van der Waals surface area contributed by atoms with Crippen molar-refractivity contribution in [3.05, 3.63) is 112 Å². The van der Waals surface area contributed by atoms with Gasteiger partial charge in [-0.1, -0.05) is 59.1 Å². The molecular formula is C29H25Cl2N9O2. The van der Waals surface area contributed by atoms with Crippen molar-refractivity contribution in [2.75, 3.05) is 0 Å². The number of pyridine rings is 1. The third-order valence-electron chi connectivity index (χ3n) is 6.25. The van der Waals surface area contributed by atoms with Crippen LogP contribution < -0.4 is 10.6 Å². The number of nitrogens with zero attached hydrogens (tertiary/aromatic N) is 6. The molecule has 0 aliphatic rings. The van der Waals surface area contributed by atoms with E-state index < -0.39 is 11.9 Å². The van der Waals surface area contributed by atoms with Gasteiger partial charge in [0.2, 0.25) is 11.8 Å². The average molecular weight is 602 g/mol. The number of halogens is 2. The number of rotatable bonds is 10. The van der Waals surface area contributed by atoms with Gasteiger partial charge in [-0.3, -0.25) is 14.6 Å². The summed E-state index contributed by atoms with van der Waals surface area (Å²) in [5, 5.41) is 17.7. The fourth-order valence-corrected chi connectivity index (χ4v) is 4.57. The summed E-state index contributed by atoms with van der Waals surface area (Å²) in [5.74, 6) is -0.425. The van der Waals surface area contributed by atoms with Crippen LogP contribution in [0.1, 0.15) is 35.0 Å². The largest absolute Gasteiger partial charge is 0.352 e. The van der Waals surface area contributed by atoms with E-state index in [9.17, 15) is 9.59 Å². The molecule has 2 amide bonds. The number of aryl methyl sites for hydroxylation is 1. The first-order valence-electron chi connectivity index (χ1n) is 12.9. The number of carbonyl (C=O) groups is 2. The zero-order chi connectivity index (χ0) is 29.5. The Morgan fingerprint density at radius 1 is 1.12 bits per heavy atom. The van der Waals surface area contributed by atoms with Crippen LogP contribution >= 0.6 is 23.2 Å². The van der Waals surface area contributed by atoms with E-state index in [1.165, 1.54) is 17.1 Å². The zero-order valence-electron chi connectivity index (χ0n) is 22.3. The van der Waals surface area contributed by atoms with Gasteiger partial charge in [-0.2, -0.15) is 4.68 Å². The summed E-state index contributed by atoms with van der Waals surface area (Å²) in [5.41, 5.74) is 4.49. The smallest absolute Gasteiger partial charge is 0.244 e. The Balaban J connectivity index is 1.37. The fourth-order valence-electron chi connectivity index (χ4n) is 4.14. The predicted molar refractivity (Wildman–Crippen MR) is 159 cm³/mol. The lowest BCUT2D eigenvalue weighted by atomic mass is 10.1. The molecule has 3 heterocycles. The SMILES string of the molecule is Cc1ccc(-c2nc([C@H](CC(=O)NCc3cccnc3)NC(=O)/C=C/c3cc(Cl)ccc3-n3cnnn3)[nH]c2Cl)cc1. The highest BCUT2D eigenvalue weighted by Gasteiger charge is 2.23. The standard InChI is InChI=1S/C29H25Cl2N9O2/c1-18-4-6-20(7-5-18)27-28(31)37-29(36-27)23(14-26(42)33-16-19-3-2-12-32-15-19)35-25(41)11-8-21-13-22(30)9-10-24(21)40-17-34-38-39-40/h2-13,15,17,23H,14,16H2,1H3,(H,33,42)(H,35,41)(H,36,37)/b11-8+/t23-/m0/s1. The van der Waals surface area contributed by atoms with E-state index in [2.05, 4.69) is 41.1 Å². The molecule has 42 heavy (non-hydrogen) atoms. The maximum Gasteiger partial charge on any atom is 0.244 e. The number of nitrogens with one attached hydrogen (secondary N) is 3. The van der Waals surface area contributed by atoms with Crippen molar-refractivity contribution in [2.24, 2.45) is 0 Å². The molecule has 3 N–H and O–H groups in total. The Morgan fingerprint density at radius 3 is 2.69 bits per heavy atom. The molecule has 3 aromatic heterocycles. The van der Waals surface area contributed by atoms with Crippen LogP contribution in [0.25, 0.3) is 23.0 Å². The van der Waals surface area contributed by atoms with Crippen LogP contribution in [-0.4, -0.2) is 47.0 Å². The summed E-state index contributed by atoms with van der Waals surface area (Å²) in [6.45, 7) is 2.27. The molecule has 0 aliphatic heterocycles. The van der Waals surface area contributed by atoms with Crippen LogP contribution in [0.2, 0.25) is 10.2 Å². The van der Waals surface area contributed by atoms with Crippen molar-refractivity contribution >= 4 is 41.1 Å². The average Bonchev–Trinajstić information content (AvgIpc) is 3.66. The number of imidazole rings is 1. The van der Waals surface area contributed by atoms with Crippen molar-refractivity contribution < 1.29 is 9.59 Å². The normalized spacial score (nSPS) is 11.9. The molecule has 0 saturated heterocycles. The molecule has 0 unspecified atom stereocenters. The molecule has 0 saturated carbocycles.